The molecule has 7 nitrogen and oxygen atoms in total. The van der Waals surface area contributed by atoms with Gasteiger partial charge in [0.05, 0.1) is 17.0 Å². The van der Waals surface area contributed by atoms with E-state index >= 15 is 0 Å². The van der Waals surface area contributed by atoms with Gasteiger partial charge in [-0.15, -0.1) is 0 Å². The van der Waals surface area contributed by atoms with Crippen molar-refractivity contribution in [3.63, 3.8) is 0 Å². The van der Waals surface area contributed by atoms with Crippen LogP contribution in [0, 0.1) is 6.92 Å². The van der Waals surface area contributed by atoms with E-state index in [-0.39, 0.29) is 6.10 Å². The zero-order valence-corrected chi connectivity index (χ0v) is 14.2. The SMILES string of the molecule is Cc1cc(-c2cnc(N3CCN(C)CC3)nc2[C@@H]2CCCO2)on1. The number of hydrogen-bond acceptors (Lipinski definition) is 7. The number of anilines is 1. The van der Waals surface area contributed by atoms with Gasteiger partial charge in [-0.1, -0.05) is 5.16 Å². The highest BCUT2D eigenvalue weighted by molar-refractivity contribution is 5.61. The summed E-state index contributed by atoms with van der Waals surface area (Å²) in [5.41, 5.74) is 2.67. The fourth-order valence-electron chi connectivity index (χ4n) is 3.26. The van der Waals surface area contributed by atoms with E-state index in [1.807, 2.05) is 19.2 Å². The maximum Gasteiger partial charge on any atom is 0.225 e. The van der Waals surface area contributed by atoms with Gasteiger partial charge < -0.3 is 19.1 Å². The van der Waals surface area contributed by atoms with Crippen molar-refractivity contribution in [2.45, 2.75) is 25.9 Å². The van der Waals surface area contributed by atoms with Crippen molar-refractivity contribution >= 4 is 5.95 Å². The van der Waals surface area contributed by atoms with Gasteiger partial charge >= 0.3 is 0 Å². The summed E-state index contributed by atoms with van der Waals surface area (Å²) in [5, 5.41) is 3.99. The van der Waals surface area contributed by atoms with E-state index < -0.39 is 0 Å². The molecule has 128 valence electrons. The Morgan fingerprint density at radius 2 is 2.04 bits per heavy atom. The Morgan fingerprint density at radius 1 is 1.21 bits per heavy atom. The Bertz CT molecular complexity index is 703. The number of hydrogen-bond donors (Lipinski definition) is 0. The summed E-state index contributed by atoms with van der Waals surface area (Å²) in [5.74, 6) is 1.50. The molecule has 2 saturated heterocycles. The maximum atomic E-state index is 5.89. The number of likely N-dealkylation sites (N-methyl/N-ethyl adjacent to an activating group) is 1. The fourth-order valence-corrected chi connectivity index (χ4v) is 3.26. The average Bonchev–Trinajstić information content (AvgIpc) is 3.27. The number of rotatable bonds is 3. The highest BCUT2D eigenvalue weighted by atomic mass is 16.5. The van der Waals surface area contributed by atoms with E-state index in [0.717, 1.165) is 68.5 Å². The molecule has 4 rings (SSSR count). The van der Waals surface area contributed by atoms with Crippen molar-refractivity contribution in [3.8, 4) is 11.3 Å². The number of aryl methyl sites for hydroxylation is 1. The van der Waals surface area contributed by atoms with E-state index in [9.17, 15) is 0 Å². The third kappa shape index (κ3) is 3.01. The molecular weight excluding hydrogens is 306 g/mol. The van der Waals surface area contributed by atoms with Crippen LogP contribution in [-0.2, 0) is 4.74 Å². The second kappa shape index (κ2) is 6.49. The maximum absolute atomic E-state index is 5.89. The lowest BCUT2D eigenvalue weighted by Crippen LogP contribution is -2.45. The van der Waals surface area contributed by atoms with Gasteiger partial charge in [-0.3, -0.25) is 0 Å². The van der Waals surface area contributed by atoms with Gasteiger partial charge in [0, 0.05) is 45.0 Å². The predicted octanol–water partition coefficient (Wildman–Crippen LogP) is 2.04. The molecule has 0 unspecified atom stereocenters. The van der Waals surface area contributed by atoms with E-state index in [2.05, 4.69) is 27.0 Å². The standard InChI is InChI=1S/C17H23N5O2/c1-12-10-15(24-20-12)13-11-18-17(22-7-5-21(2)6-8-22)19-16(13)14-4-3-9-23-14/h10-11,14H,3-9H2,1-2H3/t14-/m0/s1. The lowest BCUT2D eigenvalue weighted by atomic mass is 10.1. The largest absolute Gasteiger partial charge is 0.372 e. The molecule has 2 aliphatic heterocycles. The molecule has 1 atom stereocenters. The predicted molar refractivity (Wildman–Crippen MR) is 89.9 cm³/mol. The van der Waals surface area contributed by atoms with Gasteiger partial charge in [0.15, 0.2) is 5.76 Å². The normalized spacial score (nSPS) is 22.2. The molecule has 4 heterocycles. The summed E-state index contributed by atoms with van der Waals surface area (Å²) >= 11 is 0. The van der Waals surface area contributed by atoms with Crippen molar-refractivity contribution in [2.75, 3.05) is 44.7 Å². The minimum Gasteiger partial charge on any atom is -0.372 e. The third-order valence-electron chi connectivity index (χ3n) is 4.72. The van der Waals surface area contributed by atoms with Crippen LogP contribution in [-0.4, -0.2) is 59.9 Å². The van der Waals surface area contributed by atoms with E-state index in [1.54, 1.807) is 0 Å². The van der Waals surface area contributed by atoms with Gasteiger partial charge in [0.25, 0.3) is 0 Å². The van der Waals surface area contributed by atoms with Crippen molar-refractivity contribution in [1.82, 2.24) is 20.0 Å². The number of aromatic nitrogens is 3. The Balaban J connectivity index is 1.69. The van der Waals surface area contributed by atoms with Gasteiger partial charge in [0.1, 0.15) is 6.10 Å². The highest BCUT2D eigenvalue weighted by Gasteiger charge is 2.27. The van der Waals surface area contributed by atoms with E-state index in [4.69, 9.17) is 14.2 Å². The van der Waals surface area contributed by atoms with Crippen molar-refractivity contribution < 1.29 is 9.26 Å². The zero-order chi connectivity index (χ0) is 16.5. The summed E-state index contributed by atoms with van der Waals surface area (Å²) in [6.45, 7) is 6.65. The first-order valence-corrected chi connectivity index (χ1v) is 8.56. The second-order valence-electron chi connectivity index (χ2n) is 6.59. The first-order valence-electron chi connectivity index (χ1n) is 8.56. The molecule has 0 bridgehead atoms. The lowest BCUT2D eigenvalue weighted by Gasteiger charge is -2.32. The molecular formula is C17H23N5O2. The Hall–Kier alpha value is -1.99. The summed E-state index contributed by atoms with van der Waals surface area (Å²) in [7, 11) is 2.14. The monoisotopic (exact) mass is 329 g/mol. The number of piperazine rings is 1. The quantitative estimate of drug-likeness (QED) is 0.853. The molecule has 2 fully saturated rings. The van der Waals surface area contributed by atoms with Crippen molar-refractivity contribution in [1.29, 1.82) is 0 Å². The Kier molecular flexibility index (Phi) is 4.20. The van der Waals surface area contributed by atoms with Gasteiger partial charge in [-0.25, -0.2) is 9.97 Å². The molecule has 0 N–H and O–H groups in total. The van der Waals surface area contributed by atoms with Crippen LogP contribution in [0.3, 0.4) is 0 Å². The molecule has 0 aliphatic carbocycles. The van der Waals surface area contributed by atoms with Crippen LogP contribution in [0.25, 0.3) is 11.3 Å². The summed E-state index contributed by atoms with van der Waals surface area (Å²) in [6, 6.07) is 1.92. The van der Waals surface area contributed by atoms with Gasteiger partial charge in [-0.05, 0) is 26.8 Å². The second-order valence-corrected chi connectivity index (χ2v) is 6.59. The molecule has 0 radical (unpaired) electrons. The summed E-state index contributed by atoms with van der Waals surface area (Å²) < 4.78 is 11.3. The Labute approximate surface area is 141 Å². The van der Waals surface area contributed by atoms with E-state index in [0.29, 0.717) is 5.76 Å². The minimum absolute atomic E-state index is 0.0135. The molecule has 24 heavy (non-hydrogen) atoms. The van der Waals surface area contributed by atoms with Gasteiger partial charge in [-0.2, -0.15) is 0 Å². The first-order chi connectivity index (χ1) is 11.7. The lowest BCUT2D eigenvalue weighted by molar-refractivity contribution is 0.109. The molecule has 2 aromatic rings. The molecule has 0 aromatic carbocycles. The third-order valence-corrected chi connectivity index (χ3v) is 4.72. The van der Waals surface area contributed by atoms with Crippen LogP contribution in [0.2, 0.25) is 0 Å². The molecule has 7 heteroatoms. The summed E-state index contributed by atoms with van der Waals surface area (Å²) in [6.07, 6.45) is 3.92. The number of nitrogens with zero attached hydrogens (tertiary/aromatic N) is 5. The van der Waals surface area contributed by atoms with Crippen molar-refractivity contribution in [2.24, 2.45) is 0 Å². The molecule has 2 aromatic heterocycles. The smallest absolute Gasteiger partial charge is 0.225 e. The van der Waals surface area contributed by atoms with Gasteiger partial charge in [0.2, 0.25) is 5.95 Å². The molecule has 2 aliphatic rings. The van der Waals surface area contributed by atoms with Crippen LogP contribution in [0.5, 0.6) is 0 Å². The fraction of sp³-hybridized carbons (Fsp3) is 0.588. The minimum atomic E-state index is 0.0135. The molecule has 0 spiro atoms. The van der Waals surface area contributed by atoms with Crippen LogP contribution < -0.4 is 4.90 Å². The van der Waals surface area contributed by atoms with Crippen molar-refractivity contribution in [3.05, 3.63) is 23.7 Å². The van der Waals surface area contributed by atoms with E-state index in [1.165, 1.54) is 0 Å². The molecule has 0 amide bonds. The highest BCUT2D eigenvalue weighted by Crippen LogP contribution is 2.35. The van der Waals surface area contributed by atoms with Crippen LogP contribution in [0.4, 0.5) is 5.95 Å². The number of ether oxygens (including phenoxy) is 1. The zero-order valence-electron chi connectivity index (χ0n) is 14.2. The molecule has 0 saturated carbocycles. The van der Waals surface area contributed by atoms with Crippen LogP contribution in [0.1, 0.15) is 30.3 Å². The first kappa shape index (κ1) is 15.5. The van der Waals surface area contributed by atoms with Crippen LogP contribution >= 0.6 is 0 Å². The summed E-state index contributed by atoms with van der Waals surface area (Å²) in [4.78, 5) is 14.0. The van der Waals surface area contributed by atoms with Crippen LogP contribution in [0.15, 0.2) is 16.8 Å². The topological polar surface area (TPSA) is 67.5 Å². The Morgan fingerprint density at radius 3 is 2.71 bits per heavy atom. The average molecular weight is 329 g/mol.